The molecule has 1 aliphatic rings. The Bertz CT molecular complexity index is 1270. The van der Waals surface area contributed by atoms with E-state index < -0.39 is 5.91 Å². The third kappa shape index (κ3) is 4.78. The molecule has 1 saturated heterocycles. The van der Waals surface area contributed by atoms with Crippen molar-refractivity contribution in [2.24, 2.45) is 0 Å². The van der Waals surface area contributed by atoms with Crippen LogP contribution in [0.15, 0.2) is 29.8 Å². The lowest BCUT2D eigenvalue weighted by atomic mass is 10.1. The van der Waals surface area contributed by atoms with Gasteiger partial charge in [-0.05, 0) is 56.2 Å². The van der Waals surface area contributed by atoms with Crippen LogP contribution in [-0.2, 0) is 9.53 Å². The van der Waals surface area contributed by atoms with Crippen molar-refractivity contribution in [3.8, 4) is 11.8 Å². The number of morpholine rings is 1. The molecule has 0 saturated carbocycles. The van der Waals surface area contributed by atoms with Gasteiger partial charge in [0.2, 0.25) is 10.3 Å². The molecule has 1 N–H and O–H groups in total. The van der Waals surface area contributed by atoms with Crippen LogP contribution < -0.4 is 10.2 Å². The predicted octanol–water partition coefficient (Wildman–Crippen LogP) is 4.29. The van der Waals surface area contributed by atoms with E-state index in [0.717, 1.165) is 46.4 Å². The normalized spacial score (nSPS) is 14.3. The highest BCUT2D eigenvalue weighted by Crippen LogP contribution is 2.29. The minimum absolute atomic E-state index is 0.0128. The maximum Gasteiger partial charge on any atom is 0.268 e. The molecule has 1 fully saturated rings. The zero-order chi connectivity index (χ0) is 23.5. The van der Waals surface area contributed by atoms with Gasteiger partial charge in [0.25, 0.3) is 5.91 Å². The summed E-state index contributed by atoms with van der Waals surface area (Å²) < 4.78 is 7.42. The monoisotopic (exact) mass is 482 g/mol. The number of nitrogens with one attached hydrogen (secondary N) is 1. The van der Waals surface area contributed by atoms with Crippen molar-refractivity contribution in [1.82, 2.24) is 14.8 Å². The first-order chi connectivity index (χ1) is 15.9. The Hall–Kier alpha value is -3.19. The summed E-state index contributed by atoms with van der Waals surface area (Å²) in [5.41, 5.74) is 4.57. The number of hydrogen-bond donors (Lipinski definition) is 1. The highest BCUT2D eigenvalue weighted by Gasteiger charge is 2.19. The van der Waals surface area contributed by atoms with Crippen LogP contribution in [0, 0.1) is 32.1 Å². The molecule has 8 nitrogen and oxygen atoms in total. The number of halogens is 1. The Morgan fingerprint density at radius 3 is 2.76 bits per heavy atom. The van der Waals surface area contributed by atoms with Crippen molar-refractivity contribution in [1.29, 1.82) is 5.26 Å². The number of hydrogen-bond acceptors (Lipinski definition) is 7. The third-order valence-corrected chi connectivity index (χ3v) is 6.84. The van der Waals surface area contributed by atoms with E-state index in [1.807, 2.05) is 51.1 Å². The minimum atomic E-state index is -0.522. The molecule has 3 heterocycles. The molecule has 0 unspecified atom stereocenters. The topological polar surface area (TPSA) is 96.1 Å². The lowest BCUT2D eigenvalue weighted by Crippen LogP contribution is -2.36. The number of carbonyl (C=O) groups excluding carboxylic acids is 1. The Labute approximate surface area is 201 Å². The Kier molecular flexibility index (Phi) is 6.79. The van der Waals surface area contributed by atoms with Crippen molar-refractivity contribution >= 4 is 45.2 Å². The second-order valence-corrected chi connectivity index (χ2v) is 9.02. The van der Waals surface area contributed by atoms with Gasteiger partial charge >= 0.3 is 0 Å². The average molecular weight is 483 g/mol. The summed E-state index contributed by atoms with van der Waals surface area (Å²) >= 11 is 7.59. The molecule has 2 aromatic heterocycles. The second-order valence-electron chi connectivity index (χ2n) is 7.66. The van der Waals surface area contributed by atoms with Crippen LogP contribution >= 0.6 is 22.9 Å². The van der Waals surface area contributed by atoms with Gasteiger partial charge in [0, 0.05) is 35.2 Å². The van der Waals surface area contributed by atoms with Gasteiger partial charge in [-0.3, -0.25) is 10.1 Å². The van der Waals surface area contributed by atoms with Crippen LogP contribution in [0.3, 0.4) is 0 Å². The quantitative estimate of drug-likeness (QED) is 0.430. The first kappa shape index (κ1) is 23.0. The lowest BCUT2D eigenvalue weighted by Gasteiger charge is -2.25. The van der Waals surface area contributed by atoms with E-state index in [-0.39, 0.29) is 5.57 Å². The number of amides is 1. The van der Waals surface area contributed by atoms with Crippen molar-refractivity contribution in [3.63, 3.8) is 0 Å². The van der Waals surface area contributed by atoms with Gasteiger partial charge in [0.05, 0.1) is 13.2 Å². The predicted molar refractivity (Wildman–Crippen MR) is 130 cm³/mol. The fourth-order valence-electron chi connectivity index (χ4n) is 3.76. The molecule has 0 aliphatic carbocycles. The van der Waals surface area contributed by atoms with Gasteiger partial charge in [-0.2, -0.15) is 5.26 Å². The Morgan fingerprint density at radius 2 is 2.03 bits per heavy atom. The van der Waals surface area contributed by atoms with Crippen molar-refractivity contribution in [3.05, 3.63) is 57.4 Å². The van der Waals surface area contributed by atoms with E-state index in [0.29, 0.717) is 23.4 Å². The van der Waals surface area contributed by atoms with Gasteiger partial charge in [-0.15, -0.1) is 10.2 Å². The van der Waals surface area contributed by atoms with Crippen LogP contribution in [0.25, 0.3) is 11.8 Å². The Morgan fingerprint density at radius 1 is 1.27 bits per heavy atom. The molecule has 170 valence electrons. The number of nitrogens with zero attached hydrogens (tertiary/aromatic N) is 5. The number of carbonyl (C=O) groups is 1. The smallest absolute Gasteiger partial charge is 0.268 e. The zero-order valence-electron chi connectivity index (χ0n) is 18.6. The number of aromatic nitrogens is 3. The highest BCUT2D eigenvalue weighted by atomic mass is 35.5. The number of nitriles is 1. The number of rotatable bonds is 5. The van der Waals surface area contributed by atoms with Crippen molar-refractivity contribution in [2.45, 2.75) is 20.8 Å². The van der Waals surface area contributed by atoms with Gasteiger partial charge in [0.15, 0.2) is 0 Å². The highest BCUT2D eigenvalue weighted by molar-refractivity contribution is 7.19. The molecule has 3 aromatic rings. The van der Waals surface area contributed by atoms with Gasteiger partial charge in [-0.1, -0.05) is 29.0 Å². The minimum Gasteiger partial charge on any atom is -0.378 e. The van der Waals surface area contributed by atoms with E-state index in [1.54, 1.807) is 6.08 Å². The first-order valence-corrected chi connectivity index (χ1v) is 11.6. The molecule has 1 amide bonds. The van der Waals surface area contributed by atoms with Crippen molar-refractivity contribution in [2.75, 3.05) is 36.5 Å². The number of benzene rings is 1. The van der Waals surface area contributed by atoms with E-state index in [9.17, 15) is 10.1 Å². The molecule has 1 aliphatic heterocycles. The van der Waals surface area contributed by atoms with E-state index >= 15 is 0 Å². The van der Waals surface area contributed by atoms with Crippen LogP contribution in [0.4, 0.5) is 10.3 Å². The molecule has 0 spiro atoms. The van der Waals surface area contributed by atoms with Gasteiger partial charge < -0.3 is 14.2 Å². The summed E-state index contributed by atoms with van der Waals surface area (Å²) in [4.78, 5) is 14.8. The summed E-state index contributed by atoms with van der Waals surface area (Å²) in [5, 5.41) is 22.3. The average Bonchev–Trinajstić information content (AvgIpc) is 3.38. The molecular weight excluding hydrogens is 460 g/mol. The van der Waals surface area contributed by atoms with E-state index in [2.05, 4.69) is 25.0 Å². The maximum absolute atomic E-state index is 12.8. The molecule has 4 rings (SSSR count). The summed E-state index contributed by atoms with van der Waals surface area (Å²) in [6, 6.07) is 9.70. The second kappa shape index (κ2) is 9.75. The van der Waals surface area contributed by atoms with Crippen LogP contribution in [0.5, 0.6) is 0 Å². The van der Waals surface area contributed by atoms with Crippen molar-refractivity contribution < 1.29 is 9.53 Å². The fraction of sp³-hybridized carbons (Fsp3) is 0.304. The molecule has 10 heteroatoms. The fourth-order valence-corrected chi connectivity index (χ4v) is 4.72. The van der Waals surface area contributed by atoms with E-state index in [1.165, 1.54) is 11.3 Å². The zero-order valence-corrected chi connectivity index (χ0v) is 20.1. The largest absolute Gasteiger partial charge is 0.378 e. The molecule has 0 atom stereocenters. The van der Waals surface area contributed by atoms with Crippen LogP contribution in [-0.4, -0.2) is 47.0 Å². The molecule has 1 aromatic carbocycles. The third-order valence-electron chi connectivity index (χ3n) is 5.53. The molecule has 0 radical (unpaired) electrons. The summed E-state index contributed by atoms with van der Waals surface area (Å²) in [7, 11) is 0. The summed E-state index contributed by atoms with van der Waals surface area (Å²) in [5.74, 6) is -0.522. The number of aryl methyl sites for hydroxylation is 1. The first-order valence-electron chi connectivity index (χ1n) is 10.4. The maximum atomic E-state index is 12.8. The molecule has 0 bridgehead atoms. The number of anilines is 2. The van der Waals surface area contributed by atoms with Gasteiger partial charge in [0.1, 0.15) is 11.6 Å². The molecular formula is C23H23ClN6O2S. The van der Waals surface area contributed by atoms with Crippen LogP contribution in [0.1, 0.15) is 22.5 Å². The van der Waals surface area contributed by atoms with Crippen LogP contribution in [0.2, 0.25) is 5.02 Å². The lowest BCUT2D eigenvalue weighted by molar-refractivity contribution is -0.112. The number of ether oxygens (including phenoxy) is 1. The Balaban J connectivity index is 1.57. The van der Waals surface area contributed by atoms with Gasteiger partial charge in [-0.25, -0.2) is 0 Å². The summed E-state index contributed by atoms with van der Waals surface area (Å²) in [6.45, 7) is 8.62. The summed E-state index contributed by atoms with van der Waals surface area (Å²) in [6.07, 6.45) is 1.60. The standard InChI is InChI=1S/C23H23ClN6O2S/c1-14-11-17(16(3)30(14)20-6-4-5-19(24)15(20)2)12-18(13-25)21(31)26-22-27-28-23(33-22)29-7-9-32-10-8-29/h4-6,11-12H,7-10H2,1-3H3,(H,26,27,31)/b18-12-. The SMILES string of the molecule is Cc1c(Cl)cccc1-n1c(C)cc(/C=C(/C#N)C(=O)Nc2nnc(N3CCOCC3)s2)c1C. The van der Waals surface area contributed by atoms with E-state index in [4.69, 9.17) is 16.3 Å². The molecule has 33 heavy (non-hydrogen) atoms.